The molecule has 1 saturated carbocycles. The lowest BCUT2D eigenvalue weighted by atomic mass is 9.51. The third kappa shape index (κ3) is 2.80. The molecule has 4 saturated heterocycles. The van der Waals surface area contributed by atoms with Crippen LogP contribution >= 0.6 is 0 Å². The molecule has 5 aliphatic heterocycles. The van der Waals surface area contributed by atoms with Crippen molar-refractivity contribution in [1.82, 2.24) is 0 Å². The summed E-state index contributed by atoms with van der Waals surface area (Å²) in [6.45, 7) is 5.14. The van der Waals surface area contributed by atoms with Gasteiger partial charge in [-0.05, 0) is 32.3 Å². The second-order valence-electron chi connectivity index (χ2n) is 11.6. The lowest BCUT2D eigenvalue weighted by Crippen LogP contribution is -2.66. The molecule has 9 atom stereocenters. The summed E-state index contributed by atoms with van der Waals surface area (Å²) < 4.78 is 36.3. The van der Waals surface area contributed by atoms with Gasteiger partial charge in [-0.3, -0.25) is 0 Å². The van der Waals surface area contributed by atoms with Gasteiger partial charge in [-0.2, -0.15) is 0 Å². The summed E-state index contributed by atoms with van der Waals surface area (Å²) in [5, 5.41) is 10.9. The molecular weight excluding hydrogens is 468 g/mol. The zero-order valence-electron chi connectivity index (χ0n) is 20.6. The van der Waals surface area contributed by atoms with Crippen molar-refractivity contribution in [1.29, 1.82) is 0 Å². The first kappa shape index (κ1) is 23.0. The fraction of sp³-hybridized carbons (Fsp3) is 0.704. The first-order valence-electron chi connectivity index (χ1n) is 13.0. The summed E-state index contributed by atoms with van der Waals surface area (Å²) in [6, 6.07) is 0. The second-order valence-corrected chi connectivity index (χ2v) is 11.6. The van der Waals surface area contributed by atoms with Crippen molar-refractivity contribution < 1.29 is 43.1 Å². The fourth-order valence-corrected chi connectivity index (χ4v) is 7.72. The Kier molecular flexibility index (Phi) is 4.74. The normalized spacial score (nSPS) is 53.5. The number of carbonyl (C=O) groups is 2. The molecule has 0 aromatic carbocycles. The van der Waals surface area contributed by atoms with Gasteiger partial charge in [0.2, 0.25) is 0 Å². The van der Waals surface area contributed by atoms with Gasteiger partial charge in [-0.15, -0.1) is 0 Å². The van der Waals surface area contributed by atoms with E-state index < -0.39 is 52.3 Å². The number of fused-ring (bicyclic) bond motifs is 1. The number of aliphatic hydroxyl groups is 1. The molecule has 3 spiro atoms. The maximum Gasteiger partial charge on any atom is 0.338 e. The van der Waals surface area contributed by atoms with Crippen LogP contribution in [0.15, 0.2) is 35.6 Å². The van der Waals surface area contributed by atoms with Crippen molar-refractivity contribution in [3.8, 4) is 0 Å². The predicted molar refractivity (Wildman–Crippen MR) is 122 cm³/mol. The topological polar surface area (TPSA) is 116 Å². The Morgan fingerprint density at radius 1 is 1.11 bits per heavy atom. The van der Waals surface area contributed by atoms with Crippen LogP contribution in [0.1, 0.15) is 46.0 Å². The second kappa shape index (κ2) is 7.43. The predicted octanol–water partition coefficient (Wildman–Crippen LogP) is 1.88. The zero-order chi connectivity index (χ0) is 24.9. The number of allylic oxidation sites excluding steroid dienone is 3. The van der Waals surface area contributed by atoms with Crippen LogP contribution in [0, 0.1) is 10.8 Å². The van der Waals surface area contributed by atoms with Gasteiger partial charge in [0.15, 0.2) is 6.10 Å². The van der Waals surface area contributed by atoms with Crippen molar-refractivity contribution in [3.63, 3.8) is 0 Å². The van der Waals surface area contributed by atoms with E-state index in [9.17, 15) is 14.7 Å². The number of hydrogen-bond donors (Lipinski definition) is 1. The Balaban J connectivity index is 1.30. The van der Waals surface area contributed by atoms with Crippen LogP contribution in [-0.4, -0.2) is 78.6 Å². The Labute approximate surface area is 209 Å². The molecule has 7 aliphatic rings. The van der Waals surface area contributed by atoms with Gasteiger partial charge in [-0.1, -0.05) is 24.6 Å². The molecule has 0 aromatic heterocycles. The van der Waals surface area contributed by atoms with E-state index in [1.807, 2.05) is 0 Å². The molecule has 2 aliphatic carbocycles. The Morgan fingerprint density at radius 2 is 1.94 bits per heavy atom. The molecule has 0 amide bonds. The third-order valence-corrected chi connectivity index (χ3v) is 10.1. The summed E-state index contributed by atoms with van der Waals surface area (Å²) in [5.74, 6) is -0.588. The first-order valence-corrected chi connectivity index (χ1v) is 13.0. The smallest absolute Gasteiger partial charge is 0.338 e. The Morgan fingerprint density at radius 3 is 2.75 bits per heavy atom. The minimum absolute atomic E-state index is 0.0870. The third-order valence-electron chi connectivity index (χ3n) is 10.1. The molecule has 36 heavy (non-hydrogen) atoms. The maximum atomic E-state index is 13.3. The van der Waals surface area contributed by atoms with Crippen LogP contribution in [0.4, 0.5) is 0 Å². The molecule has 5 fully saturated rings. The van der Waals surface area contributed by atoms with Crippen molar-refractivity contribution in [2.75, 3.05) is 19.8 Å². The standard InChI is InChI=1S/C27H32O9/c1-15-7-8-25-13-32-23(30)22-26(36-22)9-10-31-16(21(26)29)5-3-4-6-20(28)35-17-12-19(34-18(25)11-15)27(14-33-27)24(17,25)2/h4-6,11,17-19,21-22,29H,3,7-10,12-14H2,1-2H3/b6-4-,16-5-/t17-,18-,19-,21+,22-,24-,25-,26-,27+/m1/s1. The van der Waals surface area contributed by atoms with E-state index >= 15 is 0 Å². The molecule has 5 heterocycles. The highest BCUT2D eigenvalue weighted by atomic mass is 16.7. The van der Waals surface area contributed by atoms with E-state index in [1.165, 1.54) is 11.6 Å². The van der Waals surface area contributed by atoms with Gasteiger partial charge >= 0.3 is 11.9 Å². The molecule has 9 heteroatoms. The van der Waals surface area contributed by atoms with Gasteiger partial charge < -0.3 is 33.5 Å². The van der Waals surface area contributed by atoms with Crippen molar-refractivity contribution in [3.05, 3.63) is 35.6 Å². The Hall–Kier alpha value is -2.20. The number of rotatable bonds is 0. The van der Waals surface area contributed by atoms with Crippen molar-refractivity contribution in [2.24, 2.45) is 10.8 Å². The highest BCUT2D eigenvalue weighted by molar-refractivity contribution is 5.82. The molecule has 0 radical (unpaired) electrons. The number of aliphatic hydroxyl groups excluding tert-OH is 1. The molecule has 194 valence electrons. The number of epoxide rings is 2. The van der Waals surface area contributed by atoms with Crippen LogP contribution in [0.3, 0.4) is 0 Å². The minimum atomic E-state index is -1.08. The van der Waals surface area contributed by atoms with E-state index in [4.69, 9.17) is 28.4 Å². The molecule has 9 nitrogen and oxygen atoms in total. The SMILES string of the molecule is CC1=C[C@H]2O[C@@H]3C[C@H]4OC(=O)/C=C\C/C=C5\OCC[C@@]6(O[C@@H]6C(=O)OC[C@@]2(CC1)[C@]4(C)[C@]31CO1)[C@H]5O. The lowest BCUT2D eigenvalue weighted by Gasteiger charge is -2.58. The van der Waals surface area contributed by atoms with Gasteiger partial charge in [-0.25, -0.2) is 9.59 Å². The average Bonchev–Trinajstić information content (AvgIpc) is 3.76. The fourth-order valence-electron chi connectivity index (χ4n) is 7.72. The summed E-state index contributed by atoms with van der Waals surface area (Å²) in [4.78, 5) is 26.2. The number of ether oxygens (including phenoxy) is 6. The average molecular weight is 501 g/mol. The Bertz CT molecular complexity index is 1100. The molecule has 1 N–H and O–H groups in total. The largest absolute Gasteiger partial charge is 0.495 e. The van der Waals surface area contributed by atoms with E-state index in [2.05, 4.69) is 19.9 Å². The number of cyclic esters (lactones) is 1. The molecule has 0 unspecified atom stereocenters. The van der Waals surface area contributed by atoms with Crippen LogP contribution in [0.25, 0.3) is 0 Å². The van der Waals surface area contributed by atoms with E-state index in [0.717, 1.165) is 6.42 Å². The van der Waals surface area contributed by atoms with Gasteiger partial charge in [0.05, 0.1) is 30.8 Å². The summed E-state index contributed by atoms with van der Waals surface area (Å²) in [6.07, 6.45) is 6.90. The molecular formula is C27H32O9. The molecule has 4 bridgehead atoms. The lowest BCUT2D eigenvalue weighted by molar-refractivity contribution is -0.233. The van der Waals surface area contributed by atoms with Crippen molar-refractivity contribution >= 4 is 11.9 Å². The van der Waals surface area contributed by atoms with Gasteiger partial charge in [0.25, 0.3) is 0 Å². The molecule has 7 rings (SSSR count). The van der Waals surface area contributed by atoms with Crippen molar-refractivity contribution in [2.45, 2.75) is 87.7 Å². The maximum absolute atomic E-state index is 13.3. The molecule has 0 aromatic rings. The van der Waals surface area contributed by atoms with E-state index in [1.54, 1.807) is 12.2 Å². The van der Waals surface area contributed by atoms with Crippen LogP contribution in [0.2, 0.25) is 0 Å². The van der Waals surface area contributed by atoms with Gasteiger partial charge in [0, 0.05) is 24.3 Å². The summed E-state index contributed by atoms with van der Waals surface area (Å²) in [7, 11) is 0. The summed E-state index contributed by atoms with van der Waals surface area (Å²) in [5.41, 5.74) is -1.63. The first-order chi connectivity index (χ1) is 17.3. The highest BCUT2D eigenvalue weighted by Gasteiger charge is 2.83. The quantitative estimate of drug-likeness (QED) is 0.302. The van der Waals surface area contributed by atoms with E-state index in [-0.39, 0.29) is 18.8 Å². The minimum Gasteiger partial charge on any atom is -0.495 e. The number of hydrogen-bond acceptors (Lipinski definition) is 9. The number of esters is 2. The summed E-state index contributed by atoms with van der Waals surface area (Å²) >= 11 is 0. The van der Waals surface area contributed by atoms with Crippen LogP contribution < -0.4 is 0 Å². The zero-order valence-corrected chi connectivity index (χ0v) is 20.6. The van der Waals surface area contributed by atoms with E-state index in [0.29, 0.717) is 44.7 Å². The van der Waals surface area contributed by atoms with Gasteiger partial charge in [0.1, 0.15) is 35.8 Å². The number of carbonyl (C=O) groups excluding carboxylic acids is 2. The highest BCUT2D eigenvalue weighted by Crippen LogP contribution is 2.72. The monoisotopic (exact) mass is 500 g/mol. The van der Waals surface area contributed by atoms with Crippen LogP contribution in [0.5, 0.6) is 0 Å². The van der Waals surface area contributed by atoms with Crippen LogP contribution in [-0.2, 0) is 38.0 Å².